The molecule has 25 heavy (non-hydrogen) atoms. The van der Waals surface area contributed by atoms with E-state index in [2.05, 4.69) is 5.32 Å². The van der Waals surface area contributed by atoms with Crippen LogP contribution in [0, 0.1) is 0 Å². The number of hydrogen-bond donors (Lipinski definition) is 1. The van der Waals surface area contributed by atoms with Crippen LogP contribution in [-0.2, 0) is 4.79 Å². The van der Waals surface area contributed by atoms with Gasteiger partial charge in [-0.1, -0.05) is 30.7 Å². The van der Waals surface area contributed by atoms with Crippen molar-refractivity contribution >= 4 is 29.3 Å². The fourth-order valence-corrected chi connectivity index (χ4v) is 3.07. The van der Waals surface area contributed by atoms with E-state index in [9.17, 15) is 4.79 Å². The Morgan fingerprint density at radius 3 is 2.48 bits per heavy atom. The first kappa shape index (κ1) is 19.5. The van der Waals surface area contributed by atoms with Crippen molar-refractivity contribution in [2.45, 2.75) is 24.3 Å². The van der Waals surface area contributed by atoms with Crippen LogP contribution in [0.15, 0.2) is 53.4 Å². The summed E-state index contributed by atoms with van der Waals surface area (Å²) in [6.07, 6.45) is 0.0330. The van der Waals surface area contributed by atoms with Gasteiger partial charge in [-0.2, -0.15) is 0 Å². The van der Waals surface area contributed by atoms with Gasteiger partial charge < -0.3 is 14.8 Å². The lowest BCUT2D eigenvalue weighted by molar-refractivity contribution is -0.128. The Morgan fingerprint density at radius 2 is 1.84 bits per heavy atom. The molecular formula is C19H22ClNO3S. The van der Waals surface area contributed by atoms with Crippen molar-refractivity contribution in [3.05, 3.63) is 53.6 Å². The molecule has 0 aliphatic carbocycles. The van der Waals surface area contributed by atoms with E-state index in [4.69, 9.17) is 21.1 Å². The van der Waals surface area contributed by atoms with Crippen LogP contribution in [-0.4, -0.2) is 31.4 Å². The Hall–Kier alpha value is -1.85. The third-order valence-corrected chi connectivity index (χ3v) is 4.75. The molecule has 2 rings (SSSR count). The number of hydrogen-bond acceptors (Lipinski definition) is 4. The molecule has 0 bridgehead atoms. The van der Waals surface area contributed by atoms with E-state index < -0.39 is 6.10 Å². The summed E-state index contributed by atoms with van der Waals surface area (Å²) in [4.78, 5) is 13.5. The second-order valence-electron chi connectivity index (χ2n) is 5.26. The summed E-state index contributed by atoms with van der Waals surface area (Å²) in [6, 6.07) is 15.0. The lowest BCUT2D eigenvalue weighted by Crippen LogP contribution is -2.39. The maximum absolute atomic E-state index is 12.3. The smallest absolute Gasteiger partial charge is 0.261 e. The highest BCUT2D eigenvalue weighted by atomic mass is 35.5. The van der Waals surface area contributed by atoms with Crippen molar-refractivity contribution in [1.29, 1.82) is 0 Å². The Kier molecular flexibility index (Phi) is 7.95. The van der Waals surface area contributed by atoms with E-state index >= 15 is 0 Å². The molecule has 0 radical (unpaired) electrons. The molecule has 0 fully saturated rings. The summed E-state index contributed by atoms with van der Waals surface area (Å²) in [5.41, 5.74) is 0. The molecule has 0 aliphatic rings. The number of ether oxygens (including phenoxy) is 2. The molecule has 1 N–H and O–H groups in total. The van der Waals surface area contributed by atoms with Gasteiger partial charge in [0, 0.05) is 22.2 Å². The lowest BCUT2D eigenvalue weighted by atomic mass is 10.2. The normalized spacial score (nSPS) is 11.6. The topological polar surface area (TPSA) is 47.6 Å². The zero-order valence-electron chi connectivity index (χ0n) is 14.3. The van der Waals surface area contributed by atoms with Gasteiger partial charge in [0.1, 0.15) is 0 Å². The molecule has 0 aliphatic heterocycles. The van der Waals surface area contributed by atoms with Crippen molar-refractivity contribution in [3.8, 4) is 11.5 Å². The number of carbonyl (C=O) groups is 1. The van der Waals surface area contributed by atoms with Crippen LogP contribution < -0.4 is 14.8 Å². The zero-order valence-corrected chi connectivity index (χ0v) is 15.9. The number of methoxy groups -OCH3 is 1. The second kappa shape index (κ2) is 10.2. The summed E-state index contributed by atoms with van der Waals surface area (Å²) in [5, 5.41) is 3.64. The molecule has 6 heteroatoms. The molecule has 0 saturated carbocycles. The molecule has 0 aromatic heterocycles. The number of benzene rings is 2. The highest BCUT2D eigenvalue weighted by Crippen LogP contribution is 2.27. The highest BCUT2D eigenvalue weighted by molar-refractivity contribution is 7.99. The fraction of sp³-hybridized carbons (Fsp3) is 0.316. The van der Waals surface area contributed by atoms with E-state index in [0.717, 1.165) is 15.7 Å². The van der Waals surface area contributed by atoms with Crippen LogP contribution in [0.25, 0.3) is 0 Å². The van der Waals surface area contributed by atoms with Gasteiger partial charge in [-0.05, 0) is 42.8 Å². The summed E-state index contributed by atoms with van der Waals surface area (Å²) in [5.74, 6) is 1.85. The van der Waals surface area contributed by atoms with Gasteiger partial charge in [-0.3, -0.25) is 4.79 Å². The van der Waals surface area contributed by atoms with E-state index in [1.165, 1.54) is 0 Å². The molecule has 1 amide bonds. The van der Waals surface area contributed by atoms with Crippen LogP contribution in [0.3, 0.4) is 0 Å². The summed E-state index contributed by atoms with van der Waals surface area (Å²) in [7, 11) is 1.58. The first-order chi connectivity index (χ1) is 12.1. The first-order valence-electron chi connectivity index (χ1n) is 8.09. The van der Waals surface area contributed by atoms with Crippen molar-refractivity contribution in [2.75, 3.05) is 19.4 Å². The Labute approximate surface area is 157 Å². The van der Waals surface area contributed by atoms with Gasteiger partial charge in [0.25, 0.3) is 5.91 Å². The number of para-hydroxylation sites is 2. The van der Waals surface area contributed by atoms with Gasteiger partial charge in [0.05, 0.1) is 7.11 Å². The summed E-state index contributed by atoms with van der Waals surface area (Å²) in [6.45, 7) is 2.49. The van der Waals surface area contributed by atoms with E-state index in [1.807, 2.05) is 49.4 Å². The van der Waals surface area contributed by atoms with Crippen LogP contribution >= 0.6 is 23.4 Å². The molecule has 2 aromatic rings. The average Bonchev–Trinajstić information content (AvgIpc) is 2.64. The van der Waals surface area contributed by atoms with Crippen molar-refractivity contribution in [3.63, 3.8) is 0 Å². The summed E-state index contributed by atoms with van der Waals surface area (Å²) >= 11 is 7.53. The molecule has 0 unspecified atom stereocenters. The second-order valence-corrected chi connectivity index (χ2v) is 6.86. The van der Waals surface area contributed by atoms with Gasteiger partial charge in [-0.15, -0.1) is 11.8 Å². The molecular weight excluding hydrogens is 358 g/mol. The van der Waals surface area contributed by atoms with Crippen LogP contribution in [0.4, 0.5) is 0 Å². The van der Waals surface area contributed by atoms with E-state index in [1.54, 1.807) is 24.9 Å². The standard InChI is InChI=1S/C19H22ClNO3S/c1-3-16(24-18-7-5-4-6-17(18)23-2)19(22)21-12-13-25-15-10-8-14(20)9-11-15/h4-11,16H,3,12-13H2,1-2H3,(H,21,22)/t16-/m0/s1. The summed E-state index contributed by atoms with van der Waals surface area (Å²) < 4.78 is 11.1. The third-order valence-electron chi connectivity index (χ3n) is 3.49. The predicted molar refractivity (Wildman–Crippen MR) is 103 cm³/mol. The monoisotopic (exact) mass is 379 g/mol. The highest BCUT2D eigenvalue weighted by Gasteiger charge is 2.19. The van der Waals surface area contributed by atoms with Crippen LogP contribution in [0.2, 0.25) is 5.02 Å². The molecule has 0 saturated heterocycles. The Balaban J connectivity index is 1.80. The van der Waals surface area contributed by atoms with Crippen molar-refractivity contribution in [2.24, 2.45) is 0 Å². The maximum atomic E-state index is 12.3. The van der Waals surface area contributed by atoms with Gasteiger partial charge >= 0.3 is 0 Å². The van der Waals surface area contributed by atoms with Gasteiger partial charge in [-0.25, -0.2) is 0 Å². The van der Waals surface area contributed by atoms with E-state index in [-0.39, 0.29) is 5.91 Å². The third kappa shape index (κ3) is 6.18. The minimum Gasteiger partial charge on any atom is -0.493 e. The van der Waals surface area contributed by atoms with Crippen molar-refractivity contribution in [1.82, 2.24) is 5.32 Å². The lowest BCUT2D eigenvalue weighted by Gasteiger charge is -2.18. The van der Waals surface area contributed by atoms with Gasteiger partial charge in [0.15, 0.2) is 17.6 Å². The van der Waals surface area contributed by atoms with E-state index in [0.29, 0.717) is 24.5 Å². The molecule has 0 heterocycles. The number of amides is 1. The maximum Gasteiger partial charge on any atom is 0.261 e. The van der Waals surface area contributed by atoms with Crippen molar-refractivity contribution < 1.29 is 14.3 Å². The number of rotatable bonds is 9. The van der Waals surface area contributed by atoms with Crippen LogP contribution in [0.5, 0.6) is 11.5 Å². The minimum absolute atomic E-state index is 0.120. The predicted octanol–water partition coefficient (Wildman–Crippen LogP) is 4.41. The SMILES string of the molecule is CC[C@H](Oc1ccccc1OC)C(=O)NCCSc1ccc(Cl)cc1. The minimum atomic E-state index is -0.545. The van der Waals surface area contributed by atoms with Crippen LogP contribution in [0.1, 0.15) is 13.3 Å². The Morgan fingerprint density at radius 1 is 1.16 bits per heavy atom. The number of nitrogens with one attached hydrogen (secondary N) is 1. The Bertz CT molecular complexity index is 679. The number of carbonyl (C=O) groups excluding carboxylic acids is 1. The molecule has 1 atom stereocenters. The first-order valence-corrected chi connectivity index (χ1v) is 9.46. The molecule has 2 aromatic carbocycles. The molecule has 4 nitrogen and oxygen atoms in total. The average molecular weight is 380 g/mol. The fourth-order valence-electron chi connectivity index (χ4n) is 2.18. The molecule has 0 spiro atoms. The zero-order chi connectivity index (χ0) is 18.1. The number of halogens is 1. The largest absolute Gasteiger partial charge is 0.493 e. The number of thioether (sulfide) groups is 1. The van der Waals surface area contributed by atoms with Gasteiger partial charge in [0.2, 0.25) is 0 Å². The molecule has 134 valence electrons. The quantitative estimate of drug-likeness (QED) is 0.517.